The van der Waals surface area contributed by atoms with Crippen molar-refractivity contribution in [3.63, 3.8) is 0 Å². The largest absolute Gasteiger partial charge is 0.347 e. The van der Waals surface area contributed by atoms with Crippen LogP contribution >= 0.6 is 0 Å². The second-order valence-corrected chi connectivity index (χ2v) is 7.31. The van der Waals surface area contributed by atoms with E-state index in [1.54, 1.807) is 17.2 Å². The van der Waals surface area contributed by atoms with Gasteiger partial charge in [0.1, 0.15) is 12.4 Å². The van der Waals surface area contributed by atoms with E-state index < -0.39 is 5.69 Å². The summed E-state index contributed by atoms with van der Waals surface area (Å²) >= 11 is 0. The molecule has 4 rings (SSSR count). The topological polar surface area (TPSA) is 90.1 Å². The van der Waals surface area contributed by atoms with Crippen molar-refractivity contribution in [2.45, 2.75) is 51.6 Å². The zero-order chi connectivity index (χ0) is 19.0. The molecule has 2 aliphatic heterocycles. The number of hydrogen-bond acceptors (Lipinski definition) is 5. The van der Waals surface area contributed by atoms with E-state index in [4.69, 9.17) is 0 Å². The summed E-state index contributed by atoms with van der Waals surface area (Å²) in [6.07, 6.45) is 6.66. The molecule has 1 saturated heterocycles. The van der Waals surface area contributed by atoms with Crippen molar-refractivity contribution in [1.82, 2.24) is 24.0 Å². The molecule has 2 aromatic heterocycles. The third-order valence-corrected chi connectivity index (χ3v) is 5.57. The number of nitrogens with zero attached hydrogens (tertiary/aromatic N) is 5. The van der Waals surface area contributed by atoms with Crippen molar-refractivity contribution in [2.75, 3.05) is 13.1 Å². The van der Waals surface area contributed by atoms with Crippen LogP contribution in [0.4, 0.5) is 0 Å². The van der Waals surface area contributed by atoms with Gasteiger partial charge in [-0.05, 0) is 32.3 Å². The number of hydrogen-bond donors (Lipinski definition) is 0. The molecule has 27 heavy (non-hydrogen) atoms. The number of amides is 1. The smallest absolute Gasteiger partial charge is 0.340 e. The summed E-state index contributed by atoms with van der Waals surface area (Å²) in [6.45, 7) is 3.95. The minimum atomic E-state index is -0.422. The number of carbonyl (C=O) groups excluding carboxylic acids is 1. The quantitative estimate of drug-likeness (QED) is 0.784. The molecule has 0 N–H and O–H groups in total. The average molecular weight is 369 g/mol. The molecule has 0 aliphatic carbocycles. The summed E-state index contributed by atoms with van der Waals surface area (Å²) in [5.41, 5.74) is 1.17. The van der Waals surface area contributed by atoms with Crippen molar-refractivity contribution < 1.29 is 4.79 Å². The molecule has 8 heteroatoms. The van der Waals surface area contributed by atoms with Gasteiger partial charge in [0, 0.05) is 55.6 Å². The molecular formula is C19H23N5O3. The fourth-order valence-electron chi connectivity index (χ4n) is 4.25. The molecule has 0 saturated carbocycles. The van der Waals surface area contributed by atoms with Gasteiger partial charge < -0.3 is 9.47 Å². The Balaban J connectivity index is 1.57. The Kier molecular flexibility index (Phi) is 4.63. The second-order valence-electron chi connectivity index (χ2n) is 7.31. The van der Waals surface area contributed by atoms with Crippen LogP contribution in [0.15, 0.2) is 28.0 Å². The fourth-order valence-corrected chi connectivity index (χ4v) is 4.25. The molecular weight excluding hydrogens is 346 g/mol. The molecule has 0 radical (unpaired) electrons. The van der Waals surface area contributed by atoms with Crippen molar-refractivity contribution >= 4 is 5.91 Å². The summed E-state index contributed by atoms with van der Waals surface area (Å²) in [5.74, 6) is 0.900. The molecule has 2 aromatic rings. The summed E-state index contributed by atoms with van der Waals surface area (Å²) in [6, 6.07) is 1.64. The Morgan fingerprint density at radius 2 is 2.11 bits per heavy atom. The number of aromatic nitrogens is 4. The number of carbonyl (C=O) groups is 1. The van der Waals surface area contributed by atoms with E-state index in [1.807, 2.05) is 6.92 Å². The van der Waals surface area contributed by atoms with Crippen LogP contribution in [0, 0.1) is 6.92 Å². The predicted octanol–water partition coefficient (Wildman–Crippen LogP) is 0.461. The van der Waals surface area contributed by atoms with Crippen LogP contribution < -0.4 is 11.2 Å². The first-order valence-corrected chi connectivity index (χ1v) is 9.44. The lowest BCUT2D eigenvalue weighted by Crippen LogP contribution is -2.43. The van der Waals surface area contributed by atoms with Gasteiger partial charge >= 0.3 is 5.69 Å². The van der Waals surface area contributed by atoms with Gasteiger partial charge in [0.15, 0.2) is 0 Å². The van der Waals surface area contributed by atoms with Gasteiger partial charge in [-0.25, -0.2) is 9.78 Å². The monoisotopic (exact) mass is 369 g/mol. The van der Waals surface area contributed by atoms with Crippen LogP contribution in [-0.4, -0.2) is 43.0 Å². The van der Waals surface area contributed by atoms with Crippen LogP contribution in [0.5, 0.6) is 0 Å². The van der Waals surface area contributed by atoms with E-state index in [0.29, 0.717) is 18.7 Å². The molecule has 0 spiro atoms. The van der Waals surface area contributed by atoms with Crippen molar-refractivity contribution in [2.24, 2.45) is 0 Å². The van der Waals surface area contributed by atoms with Crippen molar-refractivity contribution in [3.8, 4) is 0 Å². The summed E-state index contributed by atoms with van der Waals surface area (Å²) in [7, 11) is 0. The Morgan fingerprint density at radius 1 is 1.26 bits per heavy atom. The van der Waals surface area contributed by atoms with Crippen LogP contribution in [-0.2, 0) is 24.3 Å². The highest BCUT2D eigenvalue weighted by Crippen LogP contribution is 2.30. The fraction of sp³-hybridized carbons (Fsp3) is 0.526. The Labute approximate surface area is 156 Å². The minimum Gasteiger partial charge on any atom is -0.340 e. The lowest BCUT2D eigenvalue weighted by Gasteiger charge is -2.34. The zero-order valence-corrected chi connectivity index (χ0v) is 15.4. The van der Waals surface area contributed by atoms with Gasteiger partial charge in [0.2, 0.25) is 5.91 Å². The van der Waals surface area contributed by atoms with Crippen LogP contribution in [0.1, 0.15) is 42.3 Å². The predicted molar refractivity (Wildman–Crippen MR) is 98.6 cm³/mol. The maximum absolute atomic E-state index is 12.7. The number of piperidine rings is 1. The molecule has 142 valence electrons. The van der Waals surface area contributed by atoms with E-state index in [9.17, 15) is 14.4 Å². The summed E-state index contributed by atoms with van der Waals surface area (Å²) in [5, 5.41) is 0. The Morgan fingerprint density at radius 3 is 2.93 bits per heavy atom. The number of rotatable bonds is 3. The first-order valence-electron chi connectivity index (χ1n) is 9.44. The minimum absolute atomic E-state index is 0.00717. The lowest BCUT2D eigenvalue weighted by molar-refractivity contribution is -0.133. The van der Waals surface area contributed by atoms with Gasteiger partial charge in [0.25, 0.3) is 5.56 Å². The lowest BCUT2D eigenvalue weighted by atomic mass is 9.91. The molecule has 0 aromatic carbocycles. The highest BCUT2D eigenvalue weighted by Gasteiger charge is 2.30. The third kappa shape index (κ3) is 3.31. The number of fused-ring (bicyclic) bond motifs is 1. The van der Waals surface area contributed by atoms with Crippen molar-refractivity contribution in [3.05, 3.63) is 56.4 Å². The second kappa shape index (κ2) is 7.09. The van der Waals surface area contributed by atoms with Crippen molar-refractivity contribution in [1.29, 1.82) is 0 Å². The molecule has 4 heterocycles. The van der Waals surface area contributed by atoms with E-state index in [-0.39, 0.29) is 23.9 Å². The first-order chi connectivity index (χ1) is 13.0. The molecule has 2 aliphatic rings. The van der Waals surface area contributed by atoms with Gasteiger partial charge in [-0.1, -0.05) is 0 Å². The van der Waals surface area contributed by atoms with Crippen LogP contribution in [0.2, 0.25) is 0 Å². The van der Waals surface area contributed by atoms with E-state index in [0.717, 1.165) is 43.7 Å². The number of aryl methyl sites for hydroxylation is 1. The maximum Gasteiger partial charge on any atom is 0.347 e. The Hall–Kier alpha value is -2.77. The molecule has 0 bridgehead atoms. The van der Waals surface area contributed by atoms with Gasteiger partial charge in [-0.15, -0.1) is 0 Å². The molecule has 1 atom stereocenters. The molecule has 8 nitrogen and oxygen atoms in total. The van der Waals surface area contributed by atoms with Crippen LogP contribution in [0.3, 0.4) is 0 Å². The third-order valence-electron chi connectivity index (χ3n) is 5.57. The highest BCUT2D eigenvalue weighted by molar-refractivity contribution is 5.76. The molecule has 1 fully saturated rings. The van der Waals surface area contributed by atoms with E-state index in [2.05, 4.69) is 14.5 Å². The number of likely N-dealkylation sites (tertiary alicyclic amines) is 1. The summed E-state index contributed by atoms with van der Waals surface area (Å²) in [4.78, 5) is 46.5. The SMILES string of the molecule is Cc1c(C2CCCN(C(=O)Cn3cccnc3=O)C2)n2c(nc1=O)CCC2. The van der Waals surface area contributed by atoms with E-state index >= 15 is 0 Å². The van der Waals surface area contributed by atoms with E-state index in [1.165, 1.54) is 10.8 Å². The first kappa shape index (κ1) is 17.6. The van der Waals surface area contributed by atoms with Gasteiger partial charge in [-0.3, -0.25) is 14.2 Å². The van der Waals surface area contributed by atoms with Gasteiger partial charge in [-0.2, -0.15) is 4.98 Å². The van der Waals surface area contributed by atoms with Gasteiger partial charge in [0.05, 0.1) is 0 Å². The highest BCUT2D eigenvalue weighted by atomic mass is 16.2. The summed E-state index contributed by atoms with van der Waals surface area (Å²) < 4.78 is 3.51. The maximum atomic E-state index is 12.7. The average Bonchev–Trinajstić information content (AvgIpc) is 3.12. The zero-order valence-electron chi connectivity index (χ0n) is 15.4. The normalized spacial score (nSPS) is 19.1. The molecule has 1 unspecified atom stereocenters. The standard InChI is InChI=1S/C19H23N5O3/c1-13-17(24-10-3-6-15(24)21-18(13)26)14-5-2-8-22(11-14)16(25)12-23-9-4-7-20-19(23)27/h4,7,9,14H,2-3,5-6,8,10-12H2,1H3. The van der Waals surface area contributed by atoms with Crippen LogP contribution in [0.25, 0.3) is 0 Å². The Bertz CT molecular complexity index is 994. The molecule has 1 amide bonds.